The van der Waals surface area contributed by atoms with Crippen molar-refractivity contribution >= 4 is 22.7 Å². The largest absolute Gasteiger partial charge is 0.772 e. The molecule has 50 valence electrons. The second-order valence-corrected chi connectivity index (χ2v) is 2.51. The fraction of sp³-hybridized carbons (Fsp3) is 1.00. The molecule has 0 fully saturated rings. The van der Waals surface area contributed by atoms with E-state index in [1.165, 1.54) is 0 Å². The van der Waals surface area contributed by atoms with E-state index >= 15 is 0 Å². The number of halogens is 3. The Morgan fingerprint density at radius 3 is 2.12 bits per heavy atom. The highest BCUT2D eigenvalue weighted by Gasteiger charge is 2.24. The van der Waals surface area contributed by atoms with Gasteiger partial charge in [-0.15, -0.1) is 0 Å². The Kier molecular flexibility index (Phi) is 2.79. The van der Waals surface area contributed by atoms with E-state index < -0.39 is 22.2 Å². The predicted molar refractivity (Wildman–Crippen MR) is 24.6 cm³/mol. The molecule has 6 heteroatoms. The van der Waals surface area contributed by atoms with Crippen LogP contribution in [-0.4, -0.2) is 19.9 Å². The molecule has 8 heavy (non-hydrogen) atoms. The molecule has 0 bridgehead atoms. The van der Waals surface area contributed by atoms with Crippen LogP contribution in [0.3, 0.4) is 0 Å². The minimum absolute atomic E-state index is 1.32. The minimum atomic E-state index is -3.62. The summed E-state index contributed by atoms with van der Waals surface area (Å²) in [4.78, 5) is 0. The van der Waals surface area contributed by atoms with Crippen LogP contribution >= 0.6 is 11.6 Å². The van der Waals surface area contributed by atoms with Crippen molar-refractivity contribution in [2.75, 3.05) is 5.75 Å². The maximum absolute atomic E-state index is 11.3. The first-order valence-electron chi connectivity index (χ1n) is 1.54. The van der Waals surface area contributed by atoms with Gasteiger partial charge in [-0.05, 0) is 22.7 Å². The average Bonchev–Trinajstić information content (AvgIpc) is 1.21. The summed E-state index contributed by atoms with van der Waals surface area (Å²) in [5.74, 6) is -1.32. The van der Waals surface area contributed by atoms with Crippen LogP contribution in [0, 0.1) is 0 Å². The molecule has 0 amide bonds. The molecule has 0 saturated heterocycles. The van der Waals surface area contributed by atoms with Crippen LogP contribution < -0.4 is 0 Å². The van der Waals surface area contributed by atoms with Gasteiger partial charge in [0.15, 0.2) is 0 Å². The lowest BCUT2D eigenvalue weighted by atomic mass is 10.8. The van der Waals surface area contributed by atoms with E-state index in [0.717, 1.165) is 0 Å². The zero-order chi connectivity index (χ0) is 6.78. The third-order valence-electron chi connectivity index (χ3n) is 0.282. The van der Waals surface area contributed by atoms with Crippen LogP contribution in [0.25, 0.3) is 0 Å². The first-order valence-corrected chi connectivity index (χ1v) is 3.16. The first kappa shape index (κ1) is 8.26. The molecule has 0 N–H and O–H groups in total. The molecule has 0 heterocycles. The Hall–Kier alpha value is 0.260. The fourth-order valence-corrected chi connectivity index (χ4v) is 0.668. The summed E-state index contributed by atoms with van der Waals surface area (Å²) in [5, 5.41) is -3.62. The molecule has 0 aliphatic heterocycles. The predicted octanol–water partition coefficient (Wildman–Crippen LogP) is 0.697. The Labute approximate surface area is 52.1 Å². The summed E-state index contributed by atoms with van der Waals surface area (Å²) in [6.45, 7) is 0. The van der Waals surface area contributed by atoms with Crippen molar-refractivity contribution in [3.05, 3.63) is 0 Å². The lowest BCUT2D eigenvalue weighted by molar-refractivity contribution is 0.122. The summed E-state index contributed by atoms with van der Waals surface area (Å²) >= 11 is 1.43. The van der Waals surface area contributed by atoms with E-state index in [1.807, 2.05) is 0 Å². The van der Waals surface area contributed by atoms with Gasteiger partial charge >= 0.3 is 5.38 Å². The van der Waals surface area contributed by atoms with Gasteiger partial charge in [0.1, 0.15) is 0 Å². The number of hydrogen-bond donors (Lipinski definition) is 0. The highest BCUT2D eigenvalue weighted by atomic mass is 35.5. The summed E-state index contributed by atoms with van der Waals surface area (Å²) in [7, 11) is 0. The van der Waals surface area contributed by atoms with Crippen LogP contribution in [0.1, 0.15) is 0 Å². The van der Waals surface area contributed by atoms with Crippen LogP contribution in [-0.2, 0) is 11.1 Å². The zero-order valence-corrected chi connectivity index (χ0v) is 5.14. The van der Waals surface area contributed by atoms with Crippen LogP contribution in [0.4, 0.5) is 8.78 Å². The maximum atomic E-state index is 11.3. The topological polar surface area (TPSA) is 40.1 Å². The summed E-state index contributed by atoms with van der Waals surface area (Å²) < 4.78 is 41.6. The van der Waals surface area contributed by atoms with E-state index in [2.05, 4.69) is 11.6 Å². The lowest BCUT2D eigenvalue weighted by Crippen LogP contribution is -2.16. The zero-order valence-electron chi connectivity index (χ0n) is 3.57. The molecule has 0 aromatic heterocycles. The normalized spacial score (nSPS) is 16.0. The van der Waals surface area contributed by atoms with Crippen molar-refractivity contribution in [2.24, 2.45) is 0 Å². The summed E-state index contributed by atoms with van der Waals surface area (Å²) in [5.41, 5.74) is 0. The van der Waals surface area contributed by atoms with Gasteiger partial charge in [0.05, 0.1) is 5.75 Å². The van der Waals surface area contributed by atoms with Gasteiger partial charge in [-0.3, -0.25) is 4.21 Å². The molecule has 0 aromatic carbocycles. The molecule has 0 aliphatic carbocycles. The Balaban J connectivity index is 3.55. The van der Waals surface area contributed by atoms with Crippen LogP contribution in [0.2, 0.25) is 0 Å². The quantitative estimate of drug-likeness (QED) is 0.444. The first-order chi connectivity index (χ1) is 3.42. The van der Waals surface area contributed by atoms with Crippen molar-refractivity contribution in [1.29, 1.82) is 0 Å². The smallest absolute Gasteiger partial charge is 0.331 e. The van der Waals surface area contributed by atoms with Crippen molar-refractivity contribution in [3.63, 3.8) is 0 Å². The standard InChI is InChI=1S/C2H3ClF2O2S/c3-2(4,5)1-8(6)7/h1H2,(H,6,7)/p-1. The Bertz CT molecular complexity index is 101. The van der Waals surface area contributed by atoms with Gasteiger partial charge in [-0.2, -0.15) is 8.78 Å². The number of alkyl halides is 3. The van der Waals surface area contributed by atoms with Gasteiger partial charge in [-0.1, -0.05) is 0 Å². The maximum Gasteiger partial charge on any atom is 0.331 e. The molecule has 0 aromatic rings. The van der Waals surface area contributed by atoms with Crippen molar-refractivity contribution in [1.82, 2.24) is 0 Å². The fourth-order valence-electron chi connectivity index (χ4n) is 0.134. The van der Waals surface area contributed by atoms with Crippen molar-refractivity contribution < 1.29 is 17.5 Å². The Morgan fingerprint density at radius 2 is 2.12 bits per heavy atom. The van der Waals surface area contributed by atoms with E-state index in [1.54, 1.807) is 0 Å². The molecular formula is C2H2ClF2O2S-. The number of rotatable bonds is 2. The van der Waals surface area contributed by atoms with Gasteiger partial charge in [-0.25, -0.2) is 0 Å². The molecule has 0 rings (SSSR count). The Morgan fingerprint density at radius 1 is 1.75 bits per heavy atom. The highest BCUT2D eigenvalue weighted by molar-refractivity contribution is 7.79. The third-order valence-corrected chi connectivity index (χ3v) is 1.17. The second-order valence-electron chi connectivity index (χ2n) is 1.06. The lowest BCUT2D eigenvalue weighted by Gasteiger charge is -2.08. The summed E-state index contributed by atoms with van der Waals surface area (Å²) in [6, 6.07) is 0. The van der Waals surface area contributed by atoms with E-state index in [-0.39, 0.29) is 0 Å². The van der Waals surface area contributed by atoms with Crippen LogP contribution in [0.15, 0.2) is 0 Å². The molecule has 1 atom stereocenters. The van der Waals surface area contributed by atoms with Crippen molar-refractivity contribution in [3.8, 4) is 0 Å². The average molecular weight is 164 g/mol. The monoisotopic (exact) mass is 163 g/mol. The van der Waals surface area contributed by atoms with Gasteiger partial charge in [0, 0.05) is 0 Å². The second kappa shape index (κ2) is 2.70. The molecule has 2 nitrogen and oxygen atoms in total. The molecule has 0 spiro atoms. The minimum Gasteiger partial charge on any atom is -0.772 e. The molecular weight excluding hydrogens is 162 g/mol. The molecule has 0 saturated carbocycles. The van der Waals surface area contributed by atoms with E-state index in [0.29, 0.717) is 0 Å². The molecule has 0 radical (unpaired) electrons. The molecule has 1 unspecified atom stereocenters. The van der Waals surface area contributed by atoms with Gasteiger partial charge in [0.2, 0.25) is 0 Å². The van der Waals surface area contributed by atoms with Gasteiger partial charge in [0.25, 0.3) is 0 Å². The highest BCUT2D eigenvalue weighted by Crippen LogP contribution is 2.18. The number of hydrogen-bond acceptors (Lipinski definition) is 2. The van der Waals surface area contributed by atoms with Crippen LogP contribution in [0.5, 0.6) is 0 Å². The van der Waals surface area contributed by atoms with E-state index in [4.69, 9.17) is 0 Å². The molecule has 0 aliphatic rings. The van der Waals surface area contributed by atoms with E-state index in [9.17, 15) is 17.5 Å². The third kappa shape index (κ3) is 6.26. The van der Waals surface area contributed by atoms with Gasteiger partial charge < -0.3 is 4.55 Å². The SMILES string of the molecule is O=S([O-])CC(F)(F)Cl. The summed E-state index contributed by atoms with van der Waals surface area (Å²) in [6.07, 6.45) is 0. The van der Waals surface area contributed by atoms with Crippen molar-refractivity contribution in [2.45, 2.75) is 5.38 Å².